The van der Waals surface area contributed by atoms with E-state index in [4.69, 9.17) is 4.74 Å². The molecule has 19 heavy (non-hydrogen) atoms. The average molecular weight is 269 g/mol. The van der Waals surface area contributed by atoms with Crippen LogP contribution < -0.4 is 5.32 Å². The summed E-state index contributed by atoms with van der Waals surface area (Å²) < 4.78 is 5.08. The molecule has 1 atom stereocenters. The molecular weight excluding hydrogens is 238 g/mol. The third-order valence-corrected chi connectivity index (χ3v) is 4.37. The van der Waals surface area contributed by atoms with Crippen LogP contribution in [0.1, 0.15) is 65.7 Å². The molecule has 0 aromatic carbocycles. The van der Waals surface area contributed by atoms with E-state index in [2.05, 4.69) is 26.1 Å². The number of amides is 1. The number of carbonyl (C=O) groups is 1. The number of nitrogens with one attached hydrogen (secondary N) is 1. The second kappa shape index (κ2) is 7.88. The summed E-state index contributed by atoms with van der Waals surface area (Å²) in [6.07, 6.45) is 8.20. The third-order valence-electron chi connectivity index (χ3n) is 4.37. The van der Waals surface area contributed by atoms with Crippen molar-refractivity contribution in [1.82, 2.24) is 5.32 Å². The summed E-state index contributed by atoms with van der Waals surface area (Å²) >= 11 is 0. The maximum absolute atomic E-state index is 12.1. The van der Waals surface area contributed by atoms with Crippen LogP contribution in [0.15, 0.2) is 0 Å². The molecule has 1 saturated carbocycles. The second-order valence-corrected chi connectivity index (χ2v) is 6.75. The van der Waals surface area contributed by atoms with E-state index in [0.29, 0.717) is 18.9 Å². The van der Waals surface area contributed by atoms with Crippen LogP contribution >= 0.6 is 0 Å². The molecule has 0 radical (unpaired) electrons. The summed E-state index contributed by atoms with van der Waals surface area (Å²) in [4.78, 5) is 12.1. The molecule has 1 N–H and O–H groups in total. The third kappa shape index (κ3) is 6.42. The SMILES string of the molecule is COCCC(C)(C)NC(=O)CC(C)C1CCCCC1. The van der Waals surface area contributed by atoms with Crippen molar-refractivity contribution in [2.45, 2.75) is 71.3 Å². The lowest BCUT2D eigenvalue weighted by Crippen LogP contribution is -2.44. The molecule has 1 unspecified atom stereocenters. The van der Waals surface area contributed by atoms with Crippen LogP contribution in [0, 0.1) is 11.8 Å². The van der Waals surface area contributed by atoms with E-state index in [1.54, 1.807) is 7.11 Å². The van der Waals surface area contributed by atoms with Gasteiger partial charge in [0.25, 0.3) is 0 Å². The van der Waals surface area contributed by atoms with Gasteiger partial charge in [0.05, 0.1) is 0 Å². The van der Waals surface area contributed by atoms with Crippen LogP contribution in [0.3, 0.4) is 0 Å². The molecule has 0 aliphatic heterocycles. The van der Waals surface area contributed by atoms with Crippen molar-refractivity contribution in [2.24, 2.45) is 11.8 Å². The minimum absolute atomic E-state index is 0.167. The Balaban J connectivity index is 2.32. The zero-order valence-corrected chi connectivity index (χ0v) is 13.1. The molecule has 0 spiro atoms. The number of ether oxygens (including phenoxy) is 1. The van der Waals surface area contributed by atoms with Gasteiger partial charge in [0.15, 0.2) is 0 Å². The first-order valence-electron chi connectivity index (χ1n) is 7.74. The predicted molar refractivity (Wildman–Crippen MR) is 79.1 cm³/mol. The Morgan fingerprint density at radius 3 is 2.53 bits per heavy atom. The van der Waals surface area contributed by atoms with Crippen molar-refractivity contribution in [2.75, 3.05) is 13.7 Å². The van der Waals surface area contributed by atoms with Gasteiger partial charge in [0, 0.05) is 25.7 Å². The van der Waals surface area contributed by atoms with Gasteiger partial charge >= 0.3 is 0 Å². The topological polar surface area (TPSA) is 38.3 Å². The van der Waals surface area contributed by atoms with Crippen molar-refractivity contribution in [3.63, 3.8) is 0 Å². The van der Waals surface area contributed by atoms with Gasteiger partial charge in [-0.25, -0.2) is 0 Å². The van der Waals surface area contributed by atoms with Crippen LogP contribution in [0.2, 0.25) is 0 Å². The first-order valence-corrected chi connectivity index (χ1v) is 7.74. The highest BCUT2D eigenvalue weighted by Crippen LogP contribution is 2.31. The van der Waals surface area contributed by atoms with Crippen molar-refractivity contribution in [3.05, 3.63) is 0 Å². The number of rotatable bonds is 7. The van der Waals surface area contributed by atoms with Gasteiger partial charge in [0.1, 0.15) is 0 Å². The number of hydrogen-bond acceptors (Lipinski definition) is 2. The van der Waals surface area contributed by atoms with E-state index in [-0.39, 0.29) is 11.4 Å². The number of carbonyl (C=O) groups excluding carboxylic acids is 1. The molecule has 1 aliphatic rings. The zero-order valence-electron chi connectivity index (χ0n) is 13.1. The Morgan fingerprint density at radius 2 is 1.95 bits per heavy atom. The Bertz CT molecular complexity index is 270. The second-order valence-electron chi connectivity index (χ2n) is 6.75. The van der Waals surface area contributed by atoms with Crippen LogP contribution in [0.4, 0.5) is 0 Å². The highest BCUT2D eigenvalue weighted by molar-refractivity contribution is 5.76. The molecule has 1 fully saturated rings. The minimum atomic E-state index is -0.167. The fraction of sp³-hybridized carbons (Fsp3) is 0.938. The molecule has 0 saturated heterocycles. The van der Waals surface area contributed by atoms with Gasteiger partial charge in [0.2, 0.25) is 5.91 Å². The van der Waals surface area contributed by atoms with Crippen LogP contribution in [0.25, 0.3) is 0 Å². The van der Waals surface area contributed by atoms with E-state index >= 15 is 0 Å². The fourth-order valence-electron chi connectivity index (χ4n) is 3.01. The number of methoxy groups -OCH3 is 1. The molecule has 0 heterocycles. The predicted octanol–water partition coefficient (Wildman–Crippen LogP) is 3.52. The van der Waals surface area contributed by atoms with Crippen LogP contribution in [-0.4, -0.2) is 25.2 Å². The van der Waals surface area contributed by atoms with E-state index < -0.39 is 0 Å². The Morgan fingerprint density at radius 1 is 1.32 bits per heavy atom. The first-order chi connectivity index (χ1) is 8.94. The Kier molecular flexibility index (Phi) is 6.84. The average Bonchev–Trinajstić information content (AvgIpc) is 2.36. The lowest BCUT2D eigenvalue weighted by atomic mass is 9.79. The van der Waals surface area contributed by atoms with Gasteiger partial charge in [-0.05, 0) is 32.1 Å². The Hall–Kier alpha value is -0.570. The van der Waals surface area contributed by atoms with Crippen LogP contribution in [0.5, 0.6) is 0 Å². The lowest BCUT2D eigenvalue weighted by Gasteiger charge is -2.30. The fourth-order valence-corrected chi connectivity index (χ4v) is 3.01. The van der Waals surface area contributed by atoms with Gasteiger partial charge < -0.3 is 10.1 Å². The largest absolute Gasteiger partial charge is 0.385 e. The maximum atomic E-state index is 12.1. The van der Waals surface area contributed by atoms with Gasteiger partial charge in [-0.15, -0.1) is 0 Å². The Labute approximate surface area is 118 Å². The molecule has 0 bridgehead atoms. The molecule has 1 aliphatic carbocycles. The smallest absolute Gasteiger partial charge is 0.220 e. The summed E-state index contributed by atoms with van der Waals surface area (Å²) in [5, 5.41) is 3.14. The van der Waals surface area contributed by atoms with Crippen molar-refractivity contribution >= 4 is 5.91 Å². The lowest BCUT2D eigenvalue weighted by molar-refractivity contribution is -0.124. The molecule has 1 rings (SSSR count). The normalized spacial score (nSPS) is 19.2. The summed E-state index contributed by atoms with van der Waals surface area (Å²) in [6.45, 7) is 7.05. The minimum Gasteiger partial charge on any atom is -0.385 e. The van der Waals surface area contributed by atoms with Crippen molar-refractivity contribution in [3.8, 4) is 0 Å². The molecule has 1 amide bonds. The molecule has 112 valence electrons. The van der Waals surface area contributed by atoms with E-state index in [9.17, 15) is 4.79 Å². The highest BCUT2D eigenvalue weighted by Gasteiger charge is 2.25. The quantitative estimate of drug-likeness (QED) is 0.768. The first kappa shape index (κ1) is 16.5. The van der Waals surface area contributed by atoms with Crippen molar-refractivity contribution < 1.29 is 9.53 Å². The summed E-state index contributed by atoms with van der Waals surface area (Å²) in [5.41, 5.74) is -0.167. The summed E-state index contributed by atoms with van der Waals surface area (Å²) in [6, 6.07) is 0. The van der Waals surface area contributed by atoms with Gasteiger partial charge in [-0.1, -0.05) is 39.0 Å². The van der Waals surface area contributed by atoms with Crippen LogP contribution in [-0.2, 0) is 9.53 Å². The molecule has 3 nitrogen and oxygen atoms in total. The molecule has 0 aromatic heterocycles. The summed E-state index contributed by atoms with van der Waals surface area (Å²) in [7, 11) is 1.70. The van der Waals surface area contributed by atoms with E-state index in [0.717, 1.165) is 12.3 Å². The molecular formula is C16H31NO2. The maximum Gasteiger partial charge on any atom is 0.220 e. The van der Waals surface area contributed by atoms with E-state index in [1.165, 1.54) is 32.1 Å². The van der Waals surface area contributed by atoms with Gasteiger partial charge in [-0.2, -0.15) is 0 Å². The monoisotopic (exact) mass is 269 g/mol. The zero-order chi connectivity index (χ0) is 14.3. The standard InChI is InChI=1S/C16H31NO2/c1-13(14-8-6-5-7-9-14)12-15(18)17-16(2,3)10-11-19-4/h13-14H,5-12H2,1-4H3,(H,17,18). The molecule has 0 aromatic rings. The van der Waals surface area contributed by atoms with Crippen molar-refractivity contribution in [1.29, 1.82) is 0 Å². The van der Waals surface area contributed by atoms with E-state index in [1.807, 2.05) is 0 Å². The number of hydrogen-bond donors (Lipinski definition) is 1. The summed E-state index contributed by atoms with van der Waals surface area (Å²) in [5.74, 6) is 1.46. The highest BCUT2D eigenvalue weighted by atomic mass is 16.5. The van der Waals surface area contributed by atoms with Gasteiger partial charge in [-0.3, -0.25) is 4.79 Å². The molecule has 3 heteroatoms.